The van der Waals surface area contributed by atoms with Crippen LogP contribution in [0.3, 0.4) is 0 Å². The van der Waals surface area contributed by atoms with Crippen LogP contribution in [0.2, 0.25) is 0 Å². The second-order valence-electron chi connectivity index (χ2n) is 2.60. The number of amidine groups is 1. The second-order valence-corrected chi connectivity index (χ2v) is 2.60. The lowest BCUT2D eigenvalue weighted by molar-refractivity contribution is 0.850. The predicted octanol–water partition coefficient (Wildman–Crippen LogP) is 0.739. The van der Waals surface area contributed by atoms with Gasteiger partial charge >= 0.3 is 0 Å². The molecule has 2 heteroatoms. The van der Waals surface area contributed by atoms with Crippen molar-refractivity contribution in [1.82, 2.24) is 10.3 Å². The van der Waals surface area contributed by atoms with E-state index in [9.17, 15) is 0 Å². The maximum absolute atomic E-state index is 4.34. The van der Waals surface area contributed by atoms with Gasteiger partial charge in [-0.05, 0) is 11.4 Å². The van der Waals surface area contributed by atoms with E-state index in [4.69, 9.17) is 0 Å². The fourth-order valence-electron chi connectivity index (χ4n) is 1.43. The molecule has 0 unspecified atom stereocenters. The van der Waals surface area contributed by atoms with Crippen molar-refractivity contribution < 1.29 is 0 Å². The largest absolute Gasteiger partial charge is 0.293 e. The van der Waals surface area contributed by atoms with Gasteiger partial charge in [-0.25, -0.2) is 5.32 Å². The van der Waals surface area contributed by atoms with E-state index in [2.05, 4.69) is 10.3 Å². The molecule has 0 fully saturated rings. The number of nitrogens with one attached hydrogen (secondary N) is 1. The van der Waals surface area contributed by atoms with Crippen LogP contribution in [0.4, 0.5) is 0 Å². The maximum Gasteiger partial charge on any atom is 0.293 e. The predicted molar refractivity (Wildman–Crippen MR) is 36.8 cm³/mol. The van der Waals surface area contributed by atoms with E-state index < -0.39 is 0 Å². The Morgan fingerprint density at radius 2 is 2.33 bits per heavy atom. The molecule has 1 aliphatic carbocycles. The standard InChI is InChI=1S/C7H10N2/c1-5-8-6-3-2-4-7(6)9-5/h8H,2-4H2,1H3/q+1. The van der Waals surface area contributed by atoms with Crippen molar-refractivity contribution in [3.05, 3.63) is 11.4 Å². The molecule has 0 aromatic heterocycles. The van der Waals surface area contributed by atoms with Crippen LogP contribution in [-0.4, -0.2) is 5.84 Å². The summed E-state index contributed by atoms with van der Waals surface area (Å²) in [6.45, 7) is 2.01. The first kappa shape index (κ1) is 5.03. The normalized spacial score (nSPS) is 23.9. The molecule has 47 valence electrons. The van der Waals surface area contributed by atoms with Gasteiger partial charge in [-0.3, -0.25) is 0 Å². The minimum atomic E-state index is 1.07. The lowest BCUT2D eigenvalue weighted by Gasteiger charge is -1.87. The summed E-state index contributed by atoms with van der Waals surface area (Å²) in [5.74, 6) is 1.07. The van der Waals surface area contributed by atoms with Crippen molar-refractivity contribution in [1.29, 1.82) is 0 Å². The van der Waals surface area contributed by atoms with Crippen LogP contribution < -0.4 is 10.3 Å². The van der Waals surface area contributed by atoms with Gasteiger partial charge in [0.15, 0.2) is 5.70 Å². The summed E-state index contributed by atoms with van der Waals surface area (Å²) in [5, 5.41) is 3.25. The van der Waals surface area contributed by atoms with Gasteiger partial charge in [-0.1, -0.05) is 0 Å². The Morgan fingerprint density at radius 1 is 1.44 bits per heavy atom. The molecule has 2 rings (SSSR count). The first-order chi connectivity index (χ1) is 4.36. The van der Waals surface area contributed by atoms with Crippen LogP contribution >= 0.6 is 0 Å². The van der Waals surface area contributed by atoms with Gasteiger partial charge in [0.05, 0.1) is 0 Å². The van der Waals surface area contributed by atoms with Gasteiger partial charge < -0.3 is 0 Å². The number of hydrogen-bond acceptors (Lipinski definition) is 2. The fourth-order valence-corrected chi connectivity index (χ4v) is 1.43. The number of hydrogen-bond donors (Lipinski definition) is 1. The molecule has 0 amide bonds. The Labute approximate surface area is 54.7 Å². The molecule has 0 bridgehead atoms. The van der Waals surface area contributed by atoms with Crippen molar-refractivity contribution in [3.63, 3.8) is 0 Å². The van der Waals surface area contributed by atoms with Crippen LogP contribution in [-0.2, 0) is 0 Å². The topological polar surface area (TPSA) is 26.1 Å². The molecule has 1 N–H and O–H groups in total. The van der Waals surface area contributed by atoms with E-state index in [1.54, 1.807) is 0 Å². The number of allylic oxidation sites excluding steroid dienone is 2. The average Bonchev–Trinajstić information content (AvgIpc) is 2.22. The Morgan fingerprint density at radius 3 is 3.11 bits per heavy atom. The summed E-state index contributed by atoms with van der Waals surface area (Å²) in [6, 6.07) is 0. The fraction of sp³-hybridized carbons (Fsp3) is 0.571. The van der Waals surface area contributed by atoms with Crippen molar-refractivity contribution >= 4 is 5.84 Å². The van der Waals surface area contributed by atoms with Gasteiger partial charge in [-0.2, -0.15) is 0 Å². The first-order valence-electron chi connectivity index (χ1n) is 3.40. The second kappa shape index (κ2) is 1.59. The molecule has 9 heavy (non-hydrogen) atoms. The first-order valence-corrected chi connectivity index (χ1v) is 3.40. The summed E-state index contributed by atoms with van der Waals surface area (Å²) in [5.41, 5.74) is 2.67. The molecule has 0 aromatic rings. The van der Waals surface area contributed by atoms with E-state index in [1.807, 2.05) is 6.92 Å². The van der Waals surface area contributed by atoms with Crippen LogP contribution in [0.5, 0.6) is 0 Å². The number of nitrogens with zero attached hydrogens (tertiary/aromatic N) is 1. The number of aliphatic imine (C=N–C) groups is 1. The van der Waals surface area contributed by atoms with E-state index in [-0.39, 0.29) is 0 Å². The van der Waals surface area contributed by atoms with Crippen molar-refractivity contribution in [2.75, 3.05) is 0 Å². The van der Waals surface area contributed by atoms with Crippen LogP contribution in [0.15, 0.2) is 11.4 Å². The summed E-state index contributed by atoms with van der Waals surface area (Å²) in [4.78, 5) is 4.34. The zero-order valence-electron chi connectivity index (χ0n) is 5.57. The lowest BCUT2D eigenvalue weighted by Crippen LogP contribution is -2.16. The van der Waals surface area contributed by atoms with Gasteiger partial charge in [0.2, 0.25) is 0 Å². The summed E-state index contributed by atoms with van der Waals surface area (Å²) < 4.78 is 0. The Kier molecular flexibility index (Phi) is 0.891. The van der Waals surface area contributed by atoms with Crippen LogP contribution in [0.1, 0.15) is 26.2 Å². The Bertz CT molecular complexity index is 201. The zero-order valence-corrected chi connectivity index (χ0v) is 5.57. The number of rotatable bonds is 0. The molecule has 1 heterocycles. The highest BCUT2D eigenvalue weighted by molar-refractivity contribution is 5.83. The third-order valence-electron chi connectivity index (χ3n) is 1.82. The van der Waals surface area contributed by atoms with Gasteiger partial charge in [0, 0.05) is 19.8 Å². The van der Waals surface area contributed by atoms with E-state index in [0.717, 1.165) is 5.84 Å². The molecule has 0 saturated heterocycles. The van der Waals surface area contributed by atoms with Crippen molar-refractivity contribution in [3.8, 4) is 0 Å². The SMILES string of the molecule is CC1=[N+]C2=C(CCC2)N1. The third kappa shape index (κ3) is 0.661. The Hall–Kier alpha value is -0.790. The summed E-state index contributed by atoms with van der Waals surface area (Å²) in [7, 11) is 0. The minimum absolute atomic E-state index is 1.07. The van der Waals surface area contributed by atoms with Gasteiger partial charge in [0.1, 0.15) is 5.70 Å². The van der Waals surface area contributed by atoms with Crippen molar-refractivity contribution in [2.45, 2.75) is 26.2 Å². The molecule has 2 nitrogen and oxygen atoms in total. The molecule has 0 aromatic carbocycles. The van der Waals surface area contributed by atoms with Crippen LogP contribution in [0.25, 0.3) is 0 Å². The van der Waals surface area contributed by atoms with E-state index in [1.165, 1.54) is 30.7 Å². The molecular weight excluding hydrogens is 112 g/mol. The highest BCUT2D eigenvalue weighted by Crippen LogP contribution is 2.23. The van der Waals surface area contributed by atoms with E-state index >= 15 is 0 Å². The summed E-state index contributed by atoms with van der Waals surface area (Å²) >= 11 is 0. The van der Waals surface area contributed by atoms with Gasteiger partial charge in [-0.15, -0.1) is 0 Å². The molecule has 0 atom stereocenters. The van der Waals surface area contributed by atoms with E-state index in [0.29, 0.717) is 0 Å². The molecule has 0 saturated carbocycles. The molecule has 2 aliphatic rings. The van der Waals surface area contributed by atoms with Crippen LogP contribution in [0, 0.1) is 0 Å². The molecule has 0 spiro atoms. The highest BCUT2D eigenvalue weighted by atomic mass is 15.1. The monoisotopic (exact) mass is 122 g/mol. The maximum atomic E-state index is 4.34. The zero-order chi connectivity index (χ0) is 6.27. The summed E-state index contributed by atoms with van der Waals surface area (Å²) in [6.07, 6.45) is 3.67. The molecule has 1 aliphatic heterocycles. The van der Waals surface area contributed by atoms with Crippen molar-refractivity contribution in [2.24, 2.45) is 0 Å². The lowest BCUT2D eigenvalue weighted by atomic mass is 10.3. The minimum Gasteiger partial charge on any atom is -0.242 e. The highest BCUT2D eigenvalue weighted by Gasteiger charge is 2.28. The Balaban J connectivity index is 2.28. The molecular formula is C7H10N2+. The molecule has 1 radical (unpaired) electrons. The third-order valence-corrected chi connectivity index (χ3v) is 1.82. The quantitative estimate of drug-likeness (QED) is 0.504. The van der Waals surface area contributed by atoms with Gasteiger partial charge in [0.25, 0.3) is 5.84 Å². The smallest absolute Gasteiger partial charge is 0.242 e. The average molecular weight is 122 g/mol.